The van der Waals surface area contributed by atoms with Gasteiger partial charge in [-0.15, -0.1) is 0 Å². The van der Waals surface area contributed by atoms with Crippen molar-refractivity contribution in [3.05, 3.63) is 46.3 Å². The molecular formula is C22H32N4O6. The number of nitrogens with one attached hydrogen (secondary N) is 1. The van der Waals surface area contributed by atoms with Gasteiger partial charge in [0.1, 0.15) is 12.7 Å². The molecule has 2 unspecified atom stereocenters. The first kappa shape index (κ1) is 24.3. The molecule has 1 aliphatic heterocycles. The van der Waals surface area contributed by atoms with Gasteiger partial charge in [0.15, 0.2) is 6.29 Å². The highest BCUT2D eigenvalue weighted by Crippen LogP contribution is 2.33. The molecule has 3 N–H and O–H groups in total. The Labute approximate surface area is 187 Å². The summed E-state index contributed by atoms with van der Waals surface area (Å²) < 4.78 is 17.4. The van der Waals surface area contributed by atoms with Crippen LogP contribution in [0.3, 0.4) is 0 Å². The zero-order valence-corrected chi connectivity index (χ0v) is 18.4. The largest absolute Gasteiger partial charge is 0.445 e. The summed E-state index contributed by atoms with van der Waals surface area (Å²) in [5.41, 5.74) is 9.55. The van der Waals surface area contributed by atoms with Gasteiger partial charge in [-0.05, 0) is 49.6 Å². The fraction of sp³-hybridized carbons (Fsp3) is 0.682. The first-order valence-corrected chi connectivity index (χ1v) is 11.1. The average molecular weight is 449 g/mol. The van der Waals surface area contributed by atoms with E-state index in [1.807, 2.05) is 44.2 Å². The van der Waals surface area contributed by atoms with Crippen molar-refractivity contribution in [3.8, 4) is 0 Å². The molecule has 0 bridgehead atoms. The van der Waals surface area contributed by atoms with E-state index in [4.69, 9.17) is 19.7 Å². The van der Waals surface area contributed by atoms with E-state index in [0.717, 1.165) is 18.4 Å². The van der Waals surface area contributed by atoms with Crippen LogP contribution in [0.5, 0.6) is 0 Å². The Balaban J connectivity index is 1.49. The van der Waals surface area contributed by atoms with E-state index in [-0.39, 0.29) is 24.7 Å². The lowest BCUT2D eigenvalue weighted by atomic mass is 9.80. The third kappa shape index (κ3) is 6.34. The summed E-state index contributed by atoms with van der Waals surface area (Å²) in [5.74, 6) is -0.128. The molecule has 1 aromatic carbocycles. The first-order chi connectivity index (χ1) is 15.4. The molecule has 3 rings (SSSR count). The van der Waals surface area contributed by atoms with Crippen molar-refractivity contribution in [2.45, 2.75) is 88.9 Å². The smallest absolute Gasteiger partial charge is 0.407 e. The lowest BCUT2D eigenvalue weighted by Gasteiger charge is -2.43. The second-order valence-electron chi connectivity index (χ2n) is 8.60. The summed E-state index contributed by atoms with van der Waals surface area (Å²) in [6, 6.07) is 8.46. The number of hydrogen-bond donors (Lipinski definition) is 3. The van der Waals surface area contributed by atoms with Crippen LogP contribution in [-0.2, 0) is 20.8 Å². The molecule has 1 amide bonds. The van der Waals surface area contributed by atoms with E-state index in [2.05, 4.69) is 15.3 Å². The molecule has 1 saturated heterocycles. The lowest BCUT2D eigenvalue weighted by Crippen LogP contribution is -2.55. The molecule has 32 heavy (non-hydrogen) atoms. The van der Waals surface area contributed by atoms with E-state index < -0.39 is 36.7 Å². The number of ether oxygens (including phenoxy) is 3. The number of aliphatic hydroxyl groups is 2. The summed E-state index contributed by atoms with van der Waals surface area (Å²) in [7, 11) is 0. The van der Waals surface area contributed by atoms with Crippen LogP contribution < -0.4 is 5.32 Å². The molecule has 1 aromatic rings. The van der Waals surface area contributed by atoms with Crippen LogP contribution in [0.25, 0.3) is 10.4 Å². The van der Waals surface area contributed by atoms with Gasteiger partial charge >= 0.3 is 6.09 Å². The van der Waals surface area contributed by atoms with Crippen molar-refractivity contribution in [2.75, 3.05) is 0 Å². The van der Waals surface area contributed by atoms with E-state index in [9.17, 15) is 15.0 Å². The number of aliphatic hydroxyl groups excluding tert-OH is 2. The zero-order valence-electron chi connectivity index (χ0n) is 18.4. The van der Waals surface area contributed by atoms with Gasteiger partial charge in [0, 0.05) is 4.91 Å². The van der Waals surface area contributed by atoms with E-state index in [1.54, 1.807) is 0 Å². The minimum absolute atomic E-state index is 0.128. The van der Waals surface area contributed by atoms with Crippen molar-refractivity contribution in [1.82, 2.24) is 5.32 Å². The number of hydrogen-bond acceptors (Lipinski definition) is 7. The maximum Gasteiger partial charge on any atom is 0.407 e. The summed E-state index contributed by atoms with van der Waals surface area (Å²) in [5, 5.41) is 27.1. The molecule has 1 aliphatic carbocycles. The third-order valence-electron chi connectivity index (χ3n) is 6.13. The number of nitrogens with zero attached hydrogens (tertiary/aromatic N) is 3. The van der Waals surface area contributed by atoms with Gasteiger partial charge in [-0.2, -0.15) is 0 Å². The van der Waals surface area contributed by atoms with Crippen molar-refractivity contribution in [2.24, 2.45) is 11.0 Å². The molecule has 8 atom stereocenters. The van der Waals surface area contributed by atoms with E-state index >= 15 is 0 Å². The van der Waals surface area contributed by atoms with E-state index in [0.29, 0.717) is 12.8 Å². The number of azide groups is 1. The van der Waals surface area contributed by atoms with Crippen LogP contribution >= 0.6 is 0 Å². The molecule has 1 heterocycles. The molecule has 10 nitrogen and oxygen atoms in total. The van der Waals surface area contributed by atoms with Crippen LogP contribution in [0.15, 0.2) is 35.4 Å². The number of rotatable bonds is 7. The number of carbonyl (C=O) groups excluding carboxylic acids is 1. The van der Waals surface area contributed by atoms with Crippen molar-refractivity contribution < 1.29 is 29.2 Å². The number of carbonyl (C=O) groups is 1. The van der Waals surface area contributed by atoms with Gasteiger partial charge in [0.05, 0.1) is 30.4 Å². The predicted octanol–water partition coefficient (Wildman–Crippen LogP) is 3.02. The number of benzene rings is 1. The second-order valence-corrected chi connectivity index (χ2v) is 8.60. The van der Waals surface area contributed by atoms with Crippen LogP contribution in [0.2, 0.25) is 0 Å². The van der Waals surface area contributed by atoms with Gasteiger partial charge in [-0.25, -0.2) is 4.79 Å². The summed E-state index contributed by atoms with van der Waals surface area (Å²) in [4.78, 5) is 14.9. The Hall–Kier alpha value is -2.36. The summed E-state index contributed by atoms with van der Waals surface area (Å²) in [6.45, 7) is 3.92. The molecule has 0 aromatic heterocycles. The molecule has 0 radical (unpaired) electrons. The van der Waals surface area contributed by atoms with Gasteiger partial charge in [-0.1, -0.05) is 42.4 Å². The summed E-state index contributed by atoms with van der Waals surface area (Å²) in [6.07, 6.45) is -1.71. The Bertz CT molecular complexity index is 790. The Morgan fingerprint density at radius 2 is 2.06 bits per heavy atom. The van der Waals surface area contributed by atoms with Gasteiger partial charge in [0.25, 0.3) is 0 Å². The fourth-order valence-corrected chi connectivity index (χ4v) is 4.31. The SMILES string of the molecule is C[C@@H](NC(=O)OCc1ccccc1)C1CCC[C@@H](O[C@H]2[C@H](O)[C@@H](O)C(N=[N+]=[N-])C[C@@H]2C)O1. The highest BCUT2D eigenvalue weighted by atomic mass is 16.7. The number of alkyl carbamates (subject to hydrolysis) is 1. The predicted molar refractivity (Wildman–Crippen MR) is 115 cm³/mol. The van der Waals surface area contributed by atoms with Gasteiger partial charge < -0.3 is 29.7 Å². The highest BCUT2D eigenvalue weighted by molar-refractivity contribution is 5.67. The van der Waals surface area contributed by atoms with Crippen molar-refractivity contribution in [1.29, 1.82) is 0 Å². The van der Waals surface area contributed by atoms with Crippen LogP contribution in [0, 0.1) is 5.92 Å². The van der Waals surface area contributed by atoms with E-state index in [1.165, 1.54) is 0 Å². The molecule has 0 spiro atoms. The quantitative estimate of drug-likeness (QED) is 0.332. The fourth-order valence-electron chi connectivity index (χ4n) is 4.31. The van der Waals surface area contributed by atoms with Crippen molar-refractivity contribution in [3.63, 3.8) is 0 Å². The Morgan fingerprint density at radius 1 is 1.31 bits per heavy atom. The van der Waals surface area contributed by atoms with Crippen LogP contribution in [0.1, 0.15) is 45.1 Å². The highest BCUT2D eigenvalue weighted by Gasteiger charge is 2.43. The normalized spacial score (nSPS) is 33.6. The standard InChI is InChI=1S/C22H32N4O6/c1-13-11-16(25-26-23)19(27)20(28)21(13)32-18-10-6-9-17(31-18)14(2)24-22(29)30-12-15-7-4-3-5-8-15/h3-5,7-8,13-14,16-21,27-28H,6,9-12H2,1-2H3,(H,24,29)/t13-,14+,16?,17?,18+,19-,20+,21+/m0/s1. The monoisotopic (exact) mass is 448 g/mol. The summed E-state index contributed by atoms with van der Waals surface area (Å²) >= 11 is 0. The van der Waals surface area contributed by atoms with Gasteiger partial charge in [0.2, 0.25) is 0 Å². The first-order valence-electron chi connectivity index (χ1n) is 11.1. The lowest BCUT2D eigenvalue weighted by molar-refractivity contribution is -0.256. The maximum absolute atomic E-state index is 12.2. The van der Waals surface area contributed by atoms with Crippen LogP contribution in [-0.4, -0.2) is 59.1 Å². The molecule has 2 aliphatic rings. The molecule has 1 saturated carbocycles. The zero-order chi connectivity index (χ0) is 23.1. The minimum Gasteiger partial charge on any atom is -0.445 e. The Morgan fingerprint density at radius 3 is 2.78 bits per heavy atom. The molecule has 2 fully saturated rings. The second kappa shape index (κ2) is 11.5. The minimum atomic E-state index is -1.19. The maximum atomic E-state index is 12.2. The van der Waals surface area contributed by atoms with Crippen molar-refractivity contribution >= 4 is 6.09 Å². The average Bonchev–Trinajstić information content (AvgIpc) is 2.80. The molecule has 10 heteroatoms. The Kier molecular flexibility index (Phi) is 8.72. The van der Waals surface area contributed by atoms with Gasteiger partial charge in [-0.3, -0.25) is 0 Å². The molecule has 176 valence electrons. The topological polar surface area (TPSA) is 146 Å². The molecular weight excluding hydrogens is 416 g/mol. The third-order valence-corrected chi connectivity index (χ3v) is 6.13. The number of amides is 1. The van der Waals surface area contributed by atoms with Crippen LogP contribution in [0.4, 0.5) is 4.79 Å².